The number of carboxylic acids is 1. The molecule has 0 bridgehead atoms. The molecule has 0 radical (unpaired) electrons. The van der Waals surface area contributed by atoms with Crippen LogP contribution < -0.4 is 0 Å². The van der Waals surface area contributed by atoms with Gasteiger partial charge in [0, 0.05) is 6.42 Å². The fraction of sp³-hybridized carbons (Fsp3) is 0.762. The van der Waals surface area contributed by atoms with Crippen molar-refractivity contribution >= 4 is 5.97 Å². The molecule has 0 rings (SSSR count). The first-order valence-electron chi connectivity index (χ1n) is 9.80. The van der Waals surface area contributed by atoms with Crippen molar-refractivity contribution in [2.24, 2.45) is 0 Å². The zero-order valence-electron chi connectivity index (χ0n) is 15.3. The molecule has 0 atom stereocenters. The summed E-state index contributed by atoms with van der Waals surface area (Å²) in [7, 11) is 0. The van der Waals surface area contributed by atoms with Gasteiger partial charge in [0.05, 0.1) is 0 Å². The molecule has 0 spiro atoms. The predicted molar refractivity (Wildman–Crippen MR) is 101 cm³/mol. The molecule has 23 heavy (non-hydrogen) atoms. The van der Waals surface area contributed by atoms with Crippen LogP contribution >= 0.6 is 0 Å². The zero-order chi connectivity index (χ0) is 17.0. The van der Waals surface area contributed by atoms with E-state index in [0.717, 1.165) is 25.7 Å². The number of unbranched alkanes of at least 4 members (excludes halogenated alkanes) is 12. The minimum atomic E-state index is -0.670. The molecule has 2 nitrogen and oxygen atoms in total. The highest BCUT2D eigenvalue weighted by Crippen LogP contribution is 2.09. The van der Waals surface area contributed by atoms with Gasteiger partial charge >= 0.3 is 5.97 Å². The maximum atomic E-state index is 10.4. The van der Waals surface area contributed by atoms with Crippen molar-refractivity contribution in [1.29, 1.82) is 0 Å². The Bertz CT molecular complexity index is 305. The summed E-state index contributed by atoms with van der Waals surface area (Å²) in [5.74, 6) is -0.670. The molecule has 0 saturated heterocycles. The van der Waals surface area contributed by atoms with Crippen LogP contribution in [-0.4, -0.2) is 11.1 Å². The van der Waals surface area contributed by atoms with Crippen molar-refractivity contribution in [3.63, 3.8) is 0 Å². The first-order valence-corrected chi connectivity index (χ1v) is 9.80. The molecule has 0 fully saturated rings. The lowest BCUT2D eigenvalue weighted by Gasteiger charge is -1.98. The average molecular weight is 323 g/mol. The van der Waals surface area contributed by atoms with Crippen LogP contribution in [0.15, 0.2) is 24.3 Å². The van der Waals surface area contributed by atoms with E-state index in [9.17, 15) is 4.79 Å². The second kappa shape index (κ2) is 19.0. The summed E-state index contributed by atoms with van der Waals surface area (Å²) in [6.45, 7) is 2.26. The maximum absolute atomic E-state index is 10.4. The summed E-state index contributed by atoms with van der Waals surface area (Å²) >= 11 is 0. The van der Waals surface area contributed by atoms with Crippen molar-refractivity contribution in [1.82, 2.24) is 0 Å². The Morgan fingerprint density at radius 2 is 1.13 bits per heavy atom. The topological polar surface area (TPSA) is 37.3 Å². The van der Waals surface area contributed by atoms with Crippen LogP contribution in [0, 0.1) is 0 Å². The van der Waals surface area contributed by atoms with E-state index in [2.05, 4.69) is 31.2 Å². The van der Waals surface area contributed by atoms with E-state index in [0.29, 0.717) is 6.42 Å². The molecule has 0 aliphatic carbocycles. The average Bonchev–Trinajstić information content (AvgIpc) is 2.53. The van der Waals surface area contributed by atoms with E-state index in [1.165, 1.54) is 64.2 Å². The van der Waals surface area contributed by atoms with Crippen LogP contribution in [-0.2, 0) is 4.79 Å². The highest BCUT2D eigenvalue weighted by molar-refractivity contribution is 5.66. The van der Waals surface area contributed by atoms with E-state index in [-0.39, 0.29) is 0 Å². The molecule has 0 aromatic heterocycles. The molecule has 0 saturated carbocycles. The van der Waals surface area contributed by atoms with Gasteiger partial charge < -0.3 is 5.11 Å². The minimum Gasteiger partial charge on any atom is -0.481 e. The number of hydrogen-bond donors (Lipinski definition) is 1. The number of carbonyl (C=O) groups is 1. The molecule has 1 N–H and O–H groups in total. The molecule has 0 aliphatic heterocycles. The highest BCUT2D eigenvalue weighted by Gasteiger charge is 1.95. The largest absolute Gasteiger partial charge is 0.481 e. The van der Waals surface area contributed by atoms with Gasteiger partial charge in [0.2, 0.25) is 0 Å². The lowest BCUT2D eigenvalue weighted by atomic mass is 10.1. The fourth-order valence-corrected chi connectivity index (χ4v) is 2.64. The fourth-order valence-electron chi connectivity index (χ4n) is 2.64. The summed E-state index contributed by atoms with van der Waals surface area (Å²) < 4.78 is 0. The molecule has 0 aromatic rings. The van der Waals surface area contributed by atoms with Crippen LogP contribution in [0.2, 0.25) is 0 Å². The molecular formula is C21H38O2. The molecule has 0 amide bonds. The SMILES string of the molecule is CCCCCCCCC/C=C\C=C/CCCCCCCC(=O)O. The Morgan fingerprint density at radius 3 is 1.61 bits per heavy atom. The van der Waals surface area contributed by atoms with Crippen molar-refractivity contribution in [3.8, 4) is 0 Å². The summed E-state index contributed by atoms with van der Waals surface area (Å²) in [4.78, 5) is 10.4. The summed E-state index contributed by atoms with van der Waals surface area (Å²) in [5.41, 5.74) is 0. The maximum Gasteiger partial charge on any atom is 0.303 e. The Balaban J connectivity index is 3.19. The van der Waals surface area contributed by atoms with E-state index < -0.39 is 5.97 Å². The second-order valence-electron chi connectivity index (χ2n) is 6.47. The van der Waals surface area contributed by atoms with Crippen molar-refractivity contribution in [3.05, 3.63) is 24.3 Å². The van der Waals surface area contributed by atoms with Crippen LogP contribution in [0.1, 0.15) is 103 Å². The van der Waals surface area contributed by atoms with Crippen LogP contribution in [0.5, 0.6) is 0 Å². The van der Waals surface area contributed by atoms with Gasteiger partial charge in [-0.15, -0.1) is 0 Å². The third-order valence-corrected chi connectivity index (χ3v) is 4.12. The van der Waals surface area contributed by atoms with Gasteiger partial charge in [-0.3, -0.25) is 4.79 Å². The second-order valence-corrected chi connectivity index (χ2v) is 6.47. The Labute approximate surface area is 144 Å². The summed E-state index contributed by atoms with van der Waals surface area (Å²) in [5, 5.41) is 8.53. The van der Waals surface area contributed by atoms with E-state index >= 15 is 0 Å². The molecule has 134 valence electrons. The number of hydrogen-bond acceptors (Lipinski definition) is 1. The van der Waals surface area contributed by atoms with Gasteiger partial charge in [0.15, 0.2) is 0 Å². The van der Waals surface area contributed by atoms with Gasteiger partial charge in [-0.1, -0.05) is 89.0 Å². The van der Waals surface area contributed by atoms with Crippen LogP contribution in [0.3, 0.4) is 0 Å². The van der Waals surface area contributed by atoms with Crippen molar-refractivity contribution in [2.45, 2.75) is 103 Å². The van der Waals surface area contributed by atoms with Gasteiger partial charge in [0.1, 0.15) is 0 Å². The molecule has 2 heteroatoms. The van der Waals surface area contributed by atoms with Gasteiger partial charge in [0.25, 0.3) is 0 Å². The van der Waals surface area contributed by atoms with Gasteiger partial charge in [-0.2, -0.15) is 0 Å². The zero-order valence-corrected chi connectivity index (χ0v) is 15.3. The molecule has 0 unspecified atom stereocenters. The highest BCUT2D eigenvalue weighted by atomic mass is 16.4. The molecule has 0 aromatic carbocycles. The predicted octanol–water partition coefficient (Wildman–Crippen LogP) is 7.05. The van der Waals surface area contributed by atoms with E-state index in [1.54, 1.807) is 0 Å². The third kappa shape index (κ3) is 21.0. The number of aliphatic carboxylic acids is 1. The van der Waals surface area contributed by atoms with Crippen LogP contribution in [0.4, 0.5) is 0 Å². The third-order valence-electron chi connectivity index (χ3n) is 4.12. The first kappa shape index (κ1) is 21.9. The quantitative estimate of drug-likeness (QED) is 0.230. The number of rotatable bonds is 17. The monoisotopic (exact) mass is 322 g/mol. The number of allylic oxidation sites excluding steroid dienone is 4. The van der Waals surface area contributed by atoms with Gasteiger partial charge in [-0.05, 0) is 32.1 Å². The molecule has 0 aliphatic rings. The Morgan fingerprint density at radius 1 is 0.696 bits per heavy atom. The first-order chi connectivity index (χ1) is 11.3. The molecular weight excluding hydrogens is 284 g/mol. The summed E-state index contributed by atoms with van der Waals surface area (Å²) in [6, 6.07) is 0. The summed E-state index contributed by atoms with van der Waals surface area (Å²) in [6.07, 6.45) is 26.7. The lowest BCUT2D eigenvalue weighted by Crippen LogP contribution is -1.93. The van der Waals surface area contributed by atoms with E-state index in [1.807, 2.05) is 0 Å². The lowest BCUT2D eigenvalue weighted by molar-refractivity contribution is -0.137. The smallest absolute Gasteiger partial charge is 0.303 e. The Kier molecular flexibility index (Phi) is 18.1. The number of carboxylic acid groups (broad SMARTS) is 1. The van der Waals surface area contributed by atoms with Crippen LogP contribution in [0.25, 0.3) is 0 Å². The minimum absolute atomic E-state index is 0.323. The Hall–Kier alpha value is -1.05. The van der Waals surface area contributed by atoms with Crippen molar-refractivity contribution < 1.29 is 9.90 Å². The van der Waals surface area contributed by atoms with Crippen molar-refractivity contribution in [2.75, 3.05) is 0 Å². The standard InChI is InChI=1S/C21H38O2/c1-2-3-4-5-6-7-8-9-10-11-12-13-14-15-16-17-18-19-20-21(22)23/h10-13H,2-9,14-20H2,1H3,(H,22,23)/b11-10-,13-12-. The molecule has 0 heterocycles. The van der Waals surface area contributed by atoms with E-state index in [4.69, 9.17) is 5.11 Å². The van der Waals surface area contributed by atoms with Gasteiger partial charge in [-0.25, -0.2) is 0 Å². The normalized spacial score (nSPS) is 11.7.